The van der Waals surface area contributed by atoms with Crippen molar-refractivity contribution < 1.29 is 22.6 Å². The van der Waals surface area contributed by atoms with Crippen LogP contribution in [0.4, 0.5) is 14.5 Å². The van der Waals surface area contributed by atoms with Crippen molar-refractivity contribution in [2.45, 2.75) is 82.0 Å². The van der Waals surface area contributed by atoms with Gasteiger partial charge in [0, 0.05) is 60.9 Å². The number of unbranched alkanes of at least 4 members (excludes halogenated alkanes) is 2. The number of aryl methyl sites for hydroxylation is 1. The SMILES string of the molecule is O=C(C1CC(F)(F)C1)N(CCCCCc1nc(C2CC2)no1)c1cccc(-c2cc(C3CC3)on2)c1. The molecule has 7 nitrogen and oxygen atoms in total. The first-order valence-corrected chi connectivity index (χ1v) is 13.0. The van der Waals surface area contributed by atoms with Gasteiger partial charge in [0.25, 0.3) is 0 Å². The van der Waals surface area contributed by atoms with E-state index in [4.69, 9.17) is 9.05 Å². The van der Waals surface area contributed by atoms with Crippen LogP contribution in [0.5, 0.6) is 0 Å². The molecule has 3 aliphatic rings. The predicted octanol–water partition coefficient (Wildman–Crippen LogP) is 6.27. The number of hydrogen-bond donors (Lipinski definition) is 0. The van der Waals surface area contributed by atoms with Crippen molar-refractivity contribution in [3.05, 3.63) is 47.8 Å². The smallest absolute Gasteiger partial charge is 0.249 e. The van der Waals surface area contributed by atoms with E-state index in [0.717, 1.165) is 67.8 Å². The van der Waals surface area contributed by atoms with Gasteiger partial charge < -0.3 is 13.9 Å². The number of rotatable bonds is 11. The van der Waals surface area contributed by atoms with Crippen LogP contribution in [0, 0.1) is 5.92 Å². The van der Waals surface area contributed by atoms with E-state index in [1.54, 1.807) is 4.90 Å². The lowest BCUT2D eigenvalue weighted by atomic mass is 9.80. The van der Waals surface area contributed by atoms with Crippen LogP contribution in [0.2, 0.25) is 0 Å². The molecule has 3 aromatic rings. The third-order valence-corrected chi connectivity index (χ3v) is 7.37. The number of halogens is 2. The van der Waals surface area contributed by atoms with Crippen molar-refractivity contribution >= 4 is 11.6 Å². The summed E-state index contributed by atoms with van der Waals surface area (Å²) in [6.07, 6.45) is 6.93. The Morgan fingerprint density at radius 2 is 1.81 bits per heavy atom. The summed E-state index contributed by atoms with van der Waals surface area (Å²) in [6.45, 7) is 0.466. The van der Waals surface area contributed by atoms with Crippen molar-refractivity contribution in [3.8, 4) is 11.3 Å². The summed E-state index contributed by atoms with van der Waals surface area (Å²) < 4.78 is 37.9. The predicted molar refractivity (Wildman–Crippen MR) is 128 cm³/mol. The molecule has 6 rings (SSSR count). The Bertz CT molecular complexity index is 1220. The van der Waals surface area contributed by atoms with Gasteiger partial charge in [0.2, 0.25) is 17.7 Å². The number of anilines is 1. The maximum atomic E-state index is 13.5. The molecule has 0 bridgehead atoms. The first kappa shape index (κ1) is 23.3. The summed E-state index contributed by atoms with van der Waals surface area (Å²) in [5.41, 5.74) is 2.28. The molecular formula is C27H30F2N4O3. The zero-order valence-electron chi connectivity index (χ0n) is 20.2. The Kier molecular flexibility index (Phi) is 6.09. The number of alkyl halides is 2. The Morgan fingerprint density at radius 3 is 2.56 bits per heavy atom. The van der Waals surface area contributed by atoms with E-state index >= 15 is 0 Å². The normalized spacial score (nSPS) is 19.3. The summed E-state index contributed by atoms with van der Waals surface area (Å²) in [5.74, 6) is -0.320. The number of aromatic nitrogens is 3. The summed E-state index contributed by atoms with van der Waals surface area (Å²) in [6, 6.07) is 9.53. The zero-order chi connectivity index (χ0) is 24.7. The summed E-state index contributed by atoms with van der Waals surface area (Å²) in [4.78, 5) is 19.4. The van der Waals surface area contributed by atoms with Crippen molar-refractivity contribution in [2.24, 2.45) is 5.92 Å². The van der Waals surface area contributed by atoms with Crippen molar-refractivity contribution in [3.63, 3.8) is 0 Å². The van der Waals surface area contributed by atoms with E-state index in [-0.39, 0.29) is 18.7 Å². The number of benzene rings is 1. The van der Waals surface area contributed by atoms with Gasteiger partial charge in [0.1, 0.15) is 11.5 Å². The van der Waals surface area contributed by atoms with Crippen LogP contribution in [0.1, 0.15) is 87.1 Å². The number of carbonyl (C=O) groups excluding carboxylic acids is 1. The quantitative estimate of drug-likeness (QED) is 0.291. The zero-order valence-corrected chi connectivity index (χ0v) is 20.2. The van der Waals surface area contributed by atoms with Crippen LogP contribution in [0.25, 0.3) is 11.3 Å². The molecule has 3 fully saturated rings. The van der Waals surface area contributed by atoms with Gasteiger partial charge >= 0.3 is 0 Å². The molecule has 1 aromatic carbocycles. The number of hydrogen-bond acceptors (Lipinski definition) is 6. The minimum Gasteiger partial charge on any atom is -0.360 e. The number of carbonyl (C=O) groups is 1. The van der Waals surface area contributed by atoms with Crippen molar-refractivity contribution in [1.29, 1.82) is 0 Å². The molecule has 2 heterocycles. The van der Waals surface area contributed by atoms with Crippen LogP contribution in [-0.2, 0) is 11.2 Å². The minimum absolute atomic E-state index is 0.233. The second-order valence-corrected chi connectivity index (χ2v) is 10.5. The standard InChI is InChI=1S/C27H30F2N4O3/c28-27(29)15-20(16-27)26(34)33(12-3-1-2-7-24-30-25(32-36-24)18-10-11-18)21-6-4-5-19(13-21)22-14-23(35-31-22)17-8-9-17/h4-6,13-14,17-18,20H,1-3,7-12,15-16H2. The summed E-state index contributed by atoms with van der Waals surface area (Å²) >= 11 is 0. The van der Waals surface area contributed by atoms with Crippen LogP contribution in [0.15, 0.2) is 39.4 Å². The molecule has 0 N–H and O–H groups in total. The Labute approximate surface area is 208 Å². The molecule has 0 spiro atoms. The maximum absolute atomic E-state index is 13.5. The van der Waals surface area contributed by atoms with Crippen LogP contribution >= 0.6 is 0 Å². The molecule has 0 aliphatic heterocycles. The first-order chi connectivity index (χ1) is 17.4. The van der Waals surface area contributed by atoms with E-state index in [0.29, 0.717) is 36.4 Å². The van der Waals surface area contributed by atoms with Gasteiger partial charge in [-0.25, -0.2) is 8.78 Å². The van der Waals surface area contributed by atoms with Crippen molar-refractivity contribution in [1.82, 2.24) is 15.3 Å². The molecule has 1 amide bonds. The fourth-order valence-electron chi connectivity index (χ4n) is 4.84. The van der Waals surface area contributed by atoms with Crippen LogP contribution in [0.3, 0.4) is 0 Å². The molecule has 9 heteroatoms. The van der Waals surface area contributed by atoms with Crippen LogP contribution in [-0.4, -0.2) is 33.7 Å². The van der Waals surface area contributed by atoms with Crippen LogP contribution < -0.4 is 4.90 Å². The highest BCUT2D eigenvalue weighted by atomic mass is 19.3. The Balaban J connectivity index is 1.11. The van der Waals surface area contributed by atoms with Gasteiger partial charge in [-0.05, 0) is 50.7 Å². The molecule has 190 valence electrons. The summed E-state index contributed by atoms with van der Waals surface area (Å²) in [5, 5.41) is 8.26. The lowest BCUT2D eigenvalue weighted by molar-refractivity contribution is -0.147. The minimum atomic E-state index is -2.74. The topological polar surface area (TPSA) is 85.3 Å². The average molecular weight is 497 g/mol. The van der Waals surface area contributed by atoms with Gasteiger partial charge in [-0.2, -0.15) is 4.98 Å². The highest BCUT2D eigenvalue weighted by Gasteiger charge is 2.50. The number of nitrogens with zero attached hydrogens (tertiary/aromatic N) is 4. The molecular weight excluding hydrogens is 466 g/mol. The van der Waals surface area contributed by atoms with E-state index < -0.39 is 11.8 Å². The molecule has 0 radical (unpaired) electrons. The average Bonchev–Trinajstić information content (AvgIpc) is 3.79. The van der Waals surface area contributed by atoms with E-state index in [2.05, 4.69) is 15.3 Å². The molecule has 3 aliphatic carbocycles. The molecule has 36 heavy (non-hydrogen) atoms. The Hall–Kier alpha value is -3.10. The highest BCUT2D eigenvalue weighted by Crippen LogP contribution is 2.44. The monoisotopic (exact) mass is 496 g/mol. The Morgan fingerprint density at radius 1 is 1.00 bits per heavy atom. The van der Waals surface area contributed by atoms with Gasteiger partial charge in [-0.1, -0.05) is 28.9 Å². The van der Waals surface area contributed by atoms with Gasteiger partial charge in [-0.3, -0.25) is 4.79 Å². The lowest BCUT2D eigenvalue weighted by Crippen LogP contribution is -2.47. The molecule has 2 aromatic heterocycles. The highest BCUT2D eigenvalue weighted by molar-refractivity contribution is 5.96. The largest absolute Gasteiger partial charge is 0.360 e. The maximum Gasteiger partial charge on any atom is 0.249 e. The van der Waals surface area contributed by atoms with E-state index in [9.17, 15) is 13.6 Å². The fraction of sp³-hybridized carbons (Fsp3) is 0.556. The molecule has 0 saturated heterocycles. The first-order valence-electron chi connectivity index (χ1n) is 13.0. The number of amides is 1. The third kappa shape index (κ3) is 5.20. The second kappa shape index (κ2) is 9.41. The lowest BCUT2D eigenvalue weighted by Gasteiger charge is -2.37. The van der Waals surface area contributed by atoms with Gasteiger partial charge in [0.15, 0.2) is 5.82 Å². The molecule has 3 saturated carbocycles. The van der Waals surface area contributed by atoms with E-state index in [1.807, 2.05) is 30.3 Å². The van der Waals surface area contributed by atoms with E-state index in [1.165, 1.54) is 0 Å². The second-order valence-electron chi connectivity index (χ2n) is 10.5. The fourth-order valence-corrected chi connectivity index (χ4v) is 4.84. The third-order valence-electron chi connectivity index (χ3n) is 7.37. The molecule has 0 unspecified atom stereocenters. The van der Waals surface area contributed by atoms with Gasteiger partial charge in [-0.15, -0.1) is 0 Å². The summed E-state index contributed by atoms with van der Waals surface area (Å²) in [7, 11) is 0. The van der Waals surface area contributed by atoms with Crippen molar-refractivity contribution in [2.75, 3.05) is 11.4 Å². The molecule has 0 atom stereocenters. The van der Waals surface area contributed by atoms with Gasteiger partial charge in [0.05, 0.1) is 0 Å².